The molecule has 1 amide bonds. The van der Waals surface area contributed by atoms with Crippen LogP contribution in [-0.2, 0) is 4.79 Å². The van der Waals surface area contributed by atoms with Crippen LogP contribution in [0.25, 0.3) is 6.08 Å². The molecule has 0 bridgehead atoms. The van der Waals surface area contributed by atoms with Crippen LogP contribution in [0.4, 0.5) is 0 Å². The zero-order chi connectivity index (χ0) is 12.7. The molecule has 0 atom stereocenters. The molecule has 0 spiro atoms. The largest absolute Gasteiger partial charge is 0.450 e. The lowest BCUT2D eigenvalue weighted by Gasteiger charge is -2.18. The van der Waals surface area contributed by atoms with Gasteiger partial charge >= 0.3 is 0 Å². The van der Waals surface area contributed by atoms with E-state index in [0.717, 1.165) is 0 Å². The van der Waals surface area contributed by atoms with E-state index in [1.807, 2.05) is 0 Å². The van der Waals surface area contributed by atoms with Gasteiger partial charge in [-0.15, -0.1) is 0 Å². The SMILES string of the molecule is O=C(C=Cc1ccc(Br)o1)N(CCO)CCO. The highest BCUT2D eigenvalue weighted by atomic mass is 79.9. The molecule has 5 nitrogen and oxygen atoms in total. The van der Waals surface area contributed by atoms with Crippen LogP contribution in [0.2, 0.25) is 0 Å². The summed E-state index contributed by atoms with van der Waals surface area (Å²) < 4.78 is 5.78. The summed E-state index contributed by atoms with van der Waals surface area (Å²) in [5.74, 6) is 0.277. The lowest BCUT2D eigenvalue weighted by molar-refractivity contribution is -0.126. The van der Waals surface area contributed by atoms with E-state index in [4.69, 9.17) is 14.6 Å². The molecule has 0 saturated heterocycles. The van der Waals surface area contributed by atoms with Gasteiger partial charge < -0.3 is 19.5 Å². The number of hydrogen-bond acceptors (Lipinski definition) is 4. The molecular weight excluding hydrogens is 290 g/mol. The number of hydrogen-bond donors (Lipinski definition) is 2. The van der Waals surface area contributed by atoms with Crippen molar-refractivity contribution in [2.45, 2.75) is 0 Å². The molecule has 0 saturated carbocycles. The van der Waals surface area contributed by atoms with E-state index in [1.165, 1.54) is 17.1 Å². The fraction of sp³-hybridized carbons (Fsp3) is 0.364. The van der Waals surface area contributed by atoms with Crippen LogP contribution in [0.5, 0.6) is 0 Å². The van der Waals surface area contributed by atoms with Crippen molar-refractivity contribution in [3.63, 3.8) is 0 Å². The number of carbonyl (C=O) groups is 1. The Kier molecular flexibility index (Phi) is 5.96. The standard InChI is InChI=1S/C11H14BrNO4/c12-10-3-1-9(17-10)2-4-11(16)13(5-7-14)6-8-15/h1-4,14-15H,5-8H2. The molecule has 0 fully saturated rings. The van der Waals surface area contributed by atoms with Crippen LogP contribution < -0.4 is 0 Å². The summed E-state index contributed by atoms with van der Waals surface area (Å²) in [6.45, 7) is 0.134. The molecule has 0 aliphatic heterocycles. The maximum atomic E-state index is 11.7. The van der Waals surface area contributed by atoms with Gasteiger partial charge in [0, 0.05) is 19.2 Å². The first kappa shape index (κ1) is 14.0. The minimum absolute atomic E-state index is 0.133. The summed E-state index contributed by atoms with van der Waals surface area (Å²) in [5, 5.41) is 17.6. The molecule has 1 aromatic rings. The number of furan rings is 1. The molecule has 0 radical (unpaired) electrons. The van der Waals surface area contributed by atoms with Gasteiger partial charge in [0.25, 0.3) is 0 Å². The van der Waals surface area contributed by atoms with E-state index in [-0.39, 0.29) is 32.2 Å². The normalized spacial score (nSPS) is 11.0. The summed E-state index contributed by atoms with van der Waals surface area (Å²) in [4.78, 5) is 13.0. The summed E-state index contributed by atoms with van der Waals surface area (Å²) in [7, 11) is 0. The topological polar surface area (TPSA) is 73.9 Å². The first-order valence-corrected chi connectivity index (χ1v) is 5.90. The van der Waals surface area contributed by atoms with Crippen LogP contribution in [0.3, 0.4) is 0 Å². The first-order chi connectivity index (χ1) is 8.17. The third-order valence-corrected chi connectivity index (χ3v) is 2.46. The monoisotopic (exact) mass is 303 g/mol. The second kappa shape index (κ2) is 7.26. The second-order valence-corrected chi connectivity index (χ2v) is 4.03. The van der Waals surface area contributed by atoms with Gasteiger partial charge in [-0.25, -0.2) is 0 Å². The summed E-state index contributed by atoms with van der Waals surface area (Å²) in [6, 6.07) is 3.44. The van der Waals surface area contributed by atoms with Gasteiger partial charge in [0.05, 0.1) is 13.2 Å². The molecule has 0 aliphatic carbocycles. The quantitative estimate of drug-likeness (QED) is 0.765. The minimum Gasteiger partial charge on any atom is -0.450 e. The highest BCUT2D eigenvalue weighted by molar-refractivity contribution is 9.10. The van der Waals surface area contributed by atoms with Crippen molar-refractivity contribution in [1.82, 2.24) is 4.90 Å². The molecule has 17 heavy (non-hydrogen) atoms. The fourth-order valence-corrected chi connectivity index (χ4v) is 1.57. The zero-order valence-electron chi connectivity index (χ0n) is 9.17. The molecule has 1 aromatic heterocycles. The van der Waals surface area contributed by atoms with Crippen molar-refractivity contribution in [2.24, 2.45) is 0 Å². The number of amides is 1. The van der Waals surface area contributed by atoms with Crippen LogP contribution >= 0.6 is 15.9 Å². The molecule has 94 valence electrons. The Morgan fingerprint density at radius 1 is 1.35 bits per heavy atom. The van der Waals surface area contributed by atoms with E-state index in [2.05, 4.69) is 15.9 Å². The molecule has 2 N–H and O–H groups in total. The third-order valence-electron chi connectivity index (χ3n) is 2.04. The highest BCUT2D eigenvalue weighted by Crippen LogP contribution is 2.15. The van der Waals surface area contributed by atoms with Crippen LogP contribution in [0, 0.1) is 0 Å². The van der Waals surface area contributed by atoms with Gasteiger partial charge in [-0.05, 0) is 34.1 Å². The lowest BCUT2D eigenvalue weighted by atomic mass is 10.3. The molecular formula is C11H14BrNO4. The summed E-state index contributed by atoms with van der Waals surface area (Å²) in [6.07, 6.45) is 2.88. The highest BCUT2D eigenvalue weighted by Gasteiger charge is 2.08. The Hall–Kier alpha value is -1.11. The fourth-order valence-electron chi connectivity index (χ4n) is 1.25. The second-order valence-electron chi connectivity index (χ2n) is 3.25. The van der Waals surface area contributed by atoms with E-state index < -0.39 is 0 Å². The van der Waals surface area contributed by atoms with Crippen molar-refractivity contribution in [2.75, 3.05) is 26.3 Å². The number of aliphatic hydroxyl groups excluding tert-OH is 2. The molecule has 0 aliphatic rings. The van der Waals surface area contributed by atoms with Gasteiger partial charge in [0.2, 0.25) is 5.91 Å². The Morgan fingerprint density at radius 3 is 2.47 bits per heavy atom. The van der Waals surface area contributed by atoms with Crippen molar-refractivity contribution in [3.05, 3.63) is 28.6 Å². The lowest BCUT2D eigenvalue weighted by Crippen LogP contribution is -2.34. The molecule has 0 aromatic carbocycles. The van der Waals surface area contributed by atoms with Gasteiger partial charge in [0.15, 0.2) is 4.67 Å². The summed E-state index contributed by atoms with van der Waals surface area (Å²) in [5.41, 5.74) is 0. The van der Waals surface area contributed by atoms with Crippen LogP contribution in [0.15, 0.2) is 27.3 Å². The van der Waals surface area contributed by atoms with E-state index in [9.17, 15) is 4.79 Å². The van der Waals surface area contributed by atoms with Crippen molar-refractivity contribution >= 4 is 27.9 Å². The number of carbonyl (C=O) groups excluding carboxylic acids is 1. The van der Waals surface area contributed by atoms with Gasteiger partial charge in [-0.2, -0.15) is 0 Å². The number of aliphatic hydroxyl groups is 2. The maximum Gasteiger partial charge on any atom is 0.246 e. The number of nitrogens with zero attached hydrogens (tertiary/aromatic N) is 1. The van der Waals surface area contributed by atoms with Crippen LogP contribution in [0.1, 0.15) is 5.76 Å². The smallest absolute Gasteiger partial charge is 0.246 e. The number of rotatable bonds is 6. The van der Waals surface area contributed by atoms with Crippen molar-refractivity contribution in [3.8, 4) is 0 Å². The Labute approximate surface area is 107 Å². The zero-order valence-corrected chi connectivity index (χ0v) is 10.8. The summed E-state index contributed by atoms with van der Waals surface area (Å²) >= 11 is 3.16. The number of halogens is 1. The third kappa shape index (κ3) is 4.72. The average molecular weight is 304 g/mol. The van der Waals surface area contributed by atoms with Gasteiger partial charge in [-0.3, -0.25) is 4.79 Å². The predicted molar refractivity (Wildman–Crippen MR) is 66.2 cm³/mol. The molecule has 6 heteroatoms. The average Bonchev–Trinajstić information content (AvgIpc) is 2.72. The maximum absolute atomic E-state index is 11.7. The molecule has 1 rings (SSSR count). The minimum atomic E-state index is -0.277. The molecule has 1 heterocycles. The van der Waals surface area contributed by atoms with Gasteiger partial charge in [0.1, 0.15) is 5.76 Å². The predicted octanol–water partition coefficient (Wildman–Crippen LogP) is 0.868. The van der Waals surface area contributed by atoms with E-state index >= 15 is 0 Å². The van der Waals surface area contributed by atoms with Crippen LogP contribution in [-0.4, -0.2) is 47.3 Å². The van der Waals surface area contributed by atoms with Gasteiger partial charge in [-0.1, -0.05) is 0 Å². The van der Waals surface area contributed by atoms with E-state index in [0.29, 0.717) is 10.4 Å². The van der Waals surface area contributed by atoms with E-state index in [1.54, 1.807) is 12.1 Å². The first-order valence-electron chi connectivity index (χ1n) is 5.11. The Bertz CT molecular complexity index is 383. The Balaban J connectivity index is 2.59. The Morgan fingerprint density at radius 2 is 2.00 bits per heavy atom. The van der Waals surface area contributed by atoms with Crippen molar-refractivity contribution in [1.29, 1.82) is 0 Å². The van der Waals surface area contributed by atoms with Crippen molar-refractivity contribution < 1.29 is 19.4 Å². The molecule has 0 unspecified atom stereocenters.